The van der Waals surface area contributed by atoms with Gasteiger partial charge in [-0.3, -0.25) is 14.9 Å². The first-order valence-electron chi connectivity index (χ1n) is 5.85. The van der Waals surface area contributed by atoms with E-state index in [9.17, 15) is 14.9 Å². The minimum Gasteiger partial charge on any atom is -0.481 e. The van der Waals surface area contributed by atoms with E-state index < -0.39 is 16.8 Å². The van der Waals surface area contributed by atoms with Crippen molar-refractivity contribution in [3.8, 4) is 0 Å². The fourth-order valence-corrected chi connectivity index (χ4v) is 2.84. The van der Waals surface area contributed by atoms with Gasteiger partial charge in [0.05, 0.1) is 10.8 Å². The number of carboxylic acids is 1. The van der Waals surface area contributed by atoms with E-state index in [0.29, 0.717) is 23.1 Å². The number of benzene rings is 1. The van der Waals surface area contributed by atoms with Gasteiger partial charge in [-0.25, -0.2) is 0 Å². The van der Waals surface area contributed by atoms with Crippen molar-refractivity contribution < 1.29 is 14.8 Å². The topological polar surface area (TPSA) is 83.7 Å². The number of halogens is 1. The fourth-order valence-electron chi connectivity index (χ4n) is 2.50. The van der Waals surface area contributed by atoms with E-state index in [1.165, 1.54) is 6.07 Å². The summed E-state index contributed by atoms with van der Waals surface area (Å²) in [5, 5.41) is 20.2. The maximum absolute atomic E-state index is 11.1. The minimum atomic E-state index is -0.852. The second-order valence-electron chi connectivity index (χ2n) is 4.56. The average molecular weight is 329 g/mol. The van der Waals surface area contributed by atoms with Crippen LogP contribution in [0.4, 0.5) is 11.4 Å². The van der Waals surface area contributed by atoms with Crippen molar-refractivity contribution in [3.63, 3.8) is 0 Å². The van der Waals surface area contributed by atoms with Crippen LogP contribution < -0.4 is 4.90 Å². The molecule has 0 aromatic heterocycles. The molecule has 102 valence electrons. The van der Waals surface area contributed by atoms with Crippen LogP contribution in [0.5, 0.6) is 0 Å². The van der Waals surface area contributed by atoms with Crippen LogP contribution in [-0.4, -0.2) is 28.6 Å². The monoisotopic (exact) mass is 328 g/mol. The molecule has 0 radical (unpaired) electrons. The molecule has 19 heavy (non-hydrogen) atoms. The normalized spacial score (nSPS) is 22.5. The fraction of sp³-hybridized carbons (Fsp3) is 0.417. The third kappa shape index (κ3) is 2.56. The zero-order chi connectivity index (χ0) is 14.2. The third-order valence-corrected chi connectivity index (χ3v) is 4.01. The van der Waals surface area contributed by atoms with E-state index in [2.05, 4.69) is 15.9 Å². The van der Waals surface area contributed by atoms with Gasteiger partial charge in [0.15, 0.2) is 0 Å². The lowest BCUT2D eigenvalue weighted by molar-refractivity contribution is -0.384. The molecule has 1 N–H and O–H groups in total. The summed E-state index contributed by atoms with van der Waals surface area (Å²) in [4.78, 5) is 23.5. The predicted octanol–water partition coefficient (Wildman–Crippen LogP) is 2.66. The lowest BCUT2D eigenvalue weighted by atomic mass is 10.0. The second-order valence-corrected chi connectivity index (χ2v) is 5.47. The molecule has 1 aliphatic heterocycles. The summed E-state index contributed by atoms with van der Waals surface area (Å²) in [6, 6.07) is 4.57. The summed E-state index contributed by atoms with van der Waals surface area (Å²) < 4.78 is 0.629. The average Bonchev–Trinajstić information content (AvgIpc) is 2.71. The summed E-state index contributed by atoms with van der Waals surface area (Å²) in [5.41, 5.74) is 0.469. The molecular weight excluding hydrogens is 316 g/mol. The number of anilines is 1. The zero-order valence-corrected chi connectivity index (χ0v) is 11.8. The number of hydrogen-bond acceptors (Lipinski definition) is 4. The maximum atomic E-state index is 11.1. The molecule has 1 saturated heterocycles. The molecule has 0 amide bonds. The molecule has 1 fully saturated rings. The zero-order valence-electron chi connectivity index (χ0n) is 10.2. The molecule has 6 nitrogen and oxygen atoms in total. The Morgan fingerprint density at radius 2 is 2.26 bits per heavy atom. The van der Waals surface area contributed by atoms with Gasteiger partial charge >= 0.3 is 5.97 Å². The van der Waals surface area contributed by atoms with Crippen LogP contribution in [0.1, 0.15) is 13.3 Å². The molecule has 0 spiro atoms. The molecule has 1 aromatic rings. The predicted molar refractivity (Wildman–Crippen MR) is 73.3 cm³/mol. The number of hydrogen-bond donors (Lipinski definition) is 1. The molecule has 0 aliphatic carbocycles. The minimum absolute atomic E-state index is 0.00716. The molecule has 0 saturated carbocycles. The Balaban J connectivity index is 2.38. The SMILES string of the molecule is CC1C(C(=O)O)CCN1c1ccc(Br)cc1[N+](=O)[O-]. The van der Waals surface area contributed by atoms with Gasteiger partial charge in [-0.1, -0.05) is 15.9 Å². The van der Waals surface area contributed by atoms with Gasteiger partial charge in [-0.05, 0) is 25.5 Å². The van der Waals surface area contributed by atoms with Gasteiger partial charge in [-0.15, -0.1) is 0 Å². The van der Waals surface area contributed by atoms with Gasteiger partial charge in [-0.2, -0.15) is 0 Å². The second kappa shape index (κ2) is 5.16. The van der Waals surface area contributed by atoms with Crippen molar-refractivity contribution in [1.82, 2.24) is 0 Å². The summed E-state index contributed by atoms with van der Waals surface area (Å²) in [6.07, 6.45) is 0.504. The van der Waals surface area contributed by atoms with Crippen molar-refractivity contribution >= 4 is 33.3 Å². The Bertz CT molecular complexity index is 534. The Morgan fingerprint density at radius 1 is 1.58 bits per heavy atom. The van der Waals surface area contributed by atoms with E-state index in [1.54, 1.807) is 24.0 Å². The van der Waals surface area contributed by atoms with Crippen LogP contribution in [-0.2, 0) is 4.79 Å². The summed E-state index contributed by atoms with van der Waals surface area (Å²) in [5.74, 6) is -1.34. The lowest BCUT2D eigenvalue weighted by Crippen LogP contribution is -2.33. The quantitative estimate of drug-likeness (QED) is 0.681. The van der Waals surface area contributed by atoms with Crippen LogP contribution in [0.3, 0.4) is 0 Å². The van der Waals surface area contributed by atoms with E-state index in [0.717, 1.165) is 0 Å². The number of nitrogens with zero attached hydrogens (tertiary/aromatic N) is 2. The van der Waals surface area contributed by atoms with Gasteiger partial charge < -0.3 is 10.0 Å². The van der Waals surface area contributed by atoms with E-state index in [1.807, 2.05) is 0 Å². The van der Waals surface area contributed by atoms with Crippen LogP contribution >= 0.6 is 15.9 Å². The first-order chi connectivity index (χ1) is 8.91. The number of nitro benzene ring substituents is 1. The number of carboxylic acid groups (broad SMARTS) is 1. The number of aliphatic carboxylic acids is 1. The molecule has 2 rings (SSSR count). The van der Waals surface area contributed by atoms with Crippen molar-refractivity contribution in [2.24, 2.45) is 5.92 Å². The smallest absolute Gasteiger partial charge is 0.308 e. The molecule has 0 bridgehead atoms. The molecule has 1 aliphatic rings. The largest absolute Gasteiger partial charge is 0.481 e. The summed E-state index contributed by atoms with van der Waals surface area (Å²) >= 11 is 3.21. The summed E-state index contributed by atoms with van der Waals surface area (Å²) in [7, 11) is 0. The Hall–Kier alpha value is -1.63. The Kier molecular flexibility index (Phi) is 3.75. The van der Waals surface area contributed by atoms with Gasteiger partial charge in [0, 0.05) is 23.1 Å². The van der Waals surface area contributed by atoms with Gasteiger partial charge in [0.1, 0.15) is 5.69 Å². The highest BCUT2D eigenvalue weighted by Crippen LogP contribution is 2.37. The maximum Gasteiger partial charge on any atom is 0.308 e. The van der Waals surface area contributed by atoms with Crippen molar-refractivity contribution in [1.29, 1.82) is 0 Å². The van der Waals surface area contributed by atoms with Crippen LogP contribution in [0.15, 0.2) is 22.7 Å². The van der Waals surface area contributed by atoms with Crippen LogP contribution in [0, 0.1) is 16.0 Å². The highest BCUT2D eigenvalue weighted by molar-refractivity contribution is 9.10. The van der Waals surface area contributed by atoms with Gasteiger partial charge in [0.25, 0.3) is 5.69 Å². The van der Waals surface area contributed by atoms with Crippen molar-refractivity contribution in [3.05, 3.63) is 32.8 Å². The molecule has 2 unspecified atom stereocenters. The molecule has 7 heteroatoms. The first-order valence-corrected chi connectivity index (χ1v) is 6.64. The standard InChI is InChI=1S/C12H13BrN2O4/c1-7-9(12(16)17)4-5-14(7)10-3-2-8(13)6-11(10)15(18)19/h2-3,6-7,9H,4-5H2,1H3,(H,16,17). The molecule has 1 aromatic carbocycles. The highest BCUT2D eigenvalue weighted by Gasteiger charge is 2.37. The summed E-state index contributed by atoms with van der Waals surface area (Å²) in [6.45, 7) is 2.30. The van der Waals surface area contributed by atoms with Gasteiger partial charge in [0.2, 0.25) is 0 Å². The molecule has 1 heterocycles. The molecule has 2 atom stereocenters. The van der Waals surface area contributed by atoms with E-state index >= 15 is 0 Å². The Labute approximate surface area is 118 Å². The number of nitro groups is 1. The Morgan fingerprint density at radius 3 is 2.79 bits per heavy atom. The van der Waals surface area contributed by atoms with Crippen LogP contribution in [0.25, 0.3) is 0 Å². The van der Waals surface area contributed by atoms with Crippen molar-refractivity contribution in [2.75, 3.05) is 11.4 Å². The molecular formula is C12H13BrN2O4. The van der Waals surface area contributed by atoms with E-state index in [-0.39, 0.29) is 11.7 Å². The van der Waals surface area contributed by atoms with Crippen molar-refractivity contribution in [2.45, 2.75) is 19.4 Å². The van der Waals surface area contributed by atoms with Crippen LogP contribution in [0.2, 0.25) is 0 Å². The number of rotatable bonds is 3. The lowest BCUT2D eigenvalue weighted by Gasteiger charge is -2.25. The van der Waals surface area contributed by atoms with E-state index in [4.69, 9.17) is 5.11 Å². The third-order valence-electron chi connectivity index (χ3n) is 3.52. The highest BCUT2D eigenvalue weighted by atomic mass is 79.9. The number of carbonyl (C=O) groups is 1. The first kappa shape index (κ1) is 13.8.